The van der Waals surface area contributed by atoms with E-state index in [9.17, 15) is 4.79 Å². The van der Waals surface area contributed by atoms with Crippen molar-refractivity contribution in [1.29, 1.82) is 0 Å². The van der Waals surface area contributed by atoms with E-state index >= 15 is 0 Å². The van der Waals surface area contributed by atoms with Crippen molar-refractivity contribution in [3.63, 3.8) is 0 Å². The number of methoxy groups -OCH3 is 2. The Bertz CT molecular complexity index is 220. The molecule has 1 fully saturated rings. The summed E-state index contributed by atoms with van der Waals surface area (Å²) in [4.78, 5) is 13.7. The Morgan fingerprint density at radius 2 is 2.12 bits per heavy atom. The molecule has 0 radical (unpaired) electrons. The fraction of sp³-hybridized carbons (Fsp3) is 0.900. The minimum atomic E-state index is -0.280. The maximum absolute atomic E-state index is 11.6. The van der Waals surface area contributed by atoms with Crippen LogP contribution in [-0.4, -0.2) is 63.4 Å². The smallest absolute Gasteiger partial charge is 0.325 e. The molecule has 17 heavy (non-hydrogen) atoms. The van der Waals surface area contributed by atoms with Crippen LogP contribution in [0.2, 0.25) is 0 Å². The first-order valence-electron chi connectivity index (χ1n) is 5.24. The van der Waals surface area contributed by atoms with Crippen molar-refractivity contribution in [3.05, 3.63) is 0 Å². The van der Waals surface area contributed by atoms with Crippen LogP contribution in [0.4, 0.5) is 0 Å². The van der Waals surface area contributed by atoms with E-state index < -0.39 is 0 Å². The molecule has 0 amide bonds. The summed E-state index contributed by atoms with van der Waals surface area (Å²) in [6.07, 6.45) is 0. The van der Waals surface area contributed by atoms with E-state index in [2.05, 4.69) is 17.1 Å². The van der Waals surface area contributed by atoms with Crippen LogP contribution in [0.5, 0.6) is 0 Å². The third-order valence-corrected chi connectivity index (χ3v) is 2.75. The van der Waals surface area contributed by atoms with Gasteiger partial charge < -0.3 is 14.8 Å². The first-order chi connectivity index (χ1) is 7.20. The molecule has 0 aromatic carbocycles. The molecule has 0 aromatic rings. The van der Waals surface area contributed by atoms with Crippen LogP contribution >= 0.6 is 24.8 Å². The van der Waals surface area contributed by atoms with Crippen molar-refractivity contribution in [2.45, 2.75) is 19.0 Å². The number of esters is 1. The van der Waals surface area contributed by atoms with Gasteiger partial charge in [0.1, 0.15) is 6.04 Å². The third-order valence-electron chi connectivity index (χ3n) is 2.75. The van der Waals surface area contributed by atoms with Gasteiger partial charge in [-0.15, -0.1) is 24.8 Å². The lowest BCUT2D eigenvalue weighted by molar-refractivity contribution is -0.150. The number of carbonyl (C=O) groups is 1. The Balaban J connectivity index is 0. The van der Waals surface area contributed by atoms with Gasteiger partial charge in [-0.1, -0.05) is 0 Å². The normalized spacial score (nSPS) is 21.9. The highest BCUT2D eigenvalue weighted by molar-refractivity contribution is 5.85. The summed E-state index contributed by atoms with van der Waals surface area (Å²) in [5.74, 6) is -0.217. The molecular formula is C10H22Cl2N2O3. The van der Waals surface area contributed by atoms with Gasteiger partial charge in [0.05, 0.1) is 13.7 Å². The van der Waals surface area contributed by atoms with Crippen molar-refractivity contribution in [1.82, 2.24) is 10.2 Å². The van der Waals surface area contributed by atoms with E-state index in [0.29, 0.717) is 12.6 Å². The van der Waals surface area contributed by atoms with E-state index in [1.807, 2.05) is 0 Å². The second-order valence-electron chi connectivity index (χ2n) is 3.79. The van der Waals surface area contributed by atoms with Gasteiger partial charge in [0.25, 0.3) is 0 Å². The lowest BCUT2D eigenvalue weighted by Crippen LogP contribution is -2.57. The zero-order valence-electron chi connectivity index (χ0n) is 10.5. The molecule has 0 aromatic heterocycles. The Morgan fingerprint density at radius 3 is 2.59 bits per heavy atom. The van der Waals surface area contributed by atoms with Crippen LogP contribution in [0, 0.1) is 0 Å². The minimum Gasteiger partial charge on any atom is -0.468 e. The SMILES string of the molecule is COCC(C(=O)OC)N1CCNC[C@@H]1C.Cl.Cl. The van der Waals surface area contributed by atoms with Crippen molar-refractivity contribution in [2.75, 3.05) is 40.5 Å². The Labute approximate surface area is 115 Å². The van der Waals surface area contributed by atoms with E-state index in [0.717, 1.165) is 19.6 Å². The molecule has 1 aliphatic heterocycles. The summed E-state index contributed by atoms with van der Waals surface area (Å²) in [6, 6.07) is 0.0510. The van der Waals surface area contributed by atoms with Gasteiger partial charge in [-0.05, 0) is 6.92 Å². The highest BCUT2D eigenvalue weighted by Crippen LogP contribution is 2.10. The molecule has 2 atom stereocenters. The standard InChI is InChI=1S/C10H20N2O3.2ClH/c1-8-6-11-4-5-12(8)9(7-14-2)10(13)15-3;;/h8-9,11H,4-7H2,1-3H3;2*1H/t8-,9?;;/m0../s1. The first kappa shape index (κ1) is 19.3. The maximum atomic E-state index is 11.6. The Kier molecular flexibility index (Phi) is 11.2. The monoisotopic (exact) mass is 288 g/mol. The maximum Gasteiger partial charge on any atom is 0.325 e. The van der Waals surface area contributed by atoms with Crippen molar-refractivity contribution < 1.29 is 14.3 Å². The minimum absolute atomic E-state index is 0. The molecule has 7 heteroatoms. The largest absolute Gasteiger partial charge is 0.468 e. The molecule has 1 unspecified atom stereocenters. The fourth-order valence-electron chi connectivity index (χ4n) is 1.91. The van der Waals surface area contributed by atoms with Crippen molar-refractivity contribution in [2.24, 2.45) is 0 Å². The quantitative estimate of drug-likeness (QED) is 0.755. The molecule has 0 saturated carbocycles. The number of hydrogen-bond donors (Lipinski definition) is 1. The van der Waals surface area contributed by atoms with Gasteiger partial charge >= 0.3 is 5.97 Å². The molecule has 1 N–H and O–H groups in total. The molecule has 1 heterocycles. The van der Waals surface area contributed by atoms with Crippen LogP contribution in [0.15, 0.2) is 0 Å². The topological polar surface area (TPSA) is 50.8 Å². The summed E-state index contributed by atoms with van der Waals surface area (Å²) in [5.41, 5.74) is 0. The molecule has 5 nitrogen and oxygen atoms in total. The van der Waals surface area contributed by atoms with Crippen LogP contribution in [0.3, 0.4) is 0 Å². The molecule has 1 rings (SSSR count). The number of halogens is 2. The number of nitrogens with zero attached hydrogens (tertiary/aromatic N) is 1. The van der Waals surface area contributed by atoms with E-state index in [1.165, 1.54) is 7.11 Å². The number of nitrogens with one attached hydrogen (secondary N) is 1. The van der Waals surface area contributed by atoms with Gasteiger partial charge in [0.15, 0.2) is 0 Å². The predicted molar refractivity (Wildman–Crippen MR) is 71.2 cm³/mol. The van der Waals surface area contributed by atoms with E-state index in [-0.39, 0.29) is 36.8 Å². The van der Waals surface area contributed by atoms with Gasteiger partial charge in [0.2, 0.25) is 0 Å². The van der Waals surface area contributed by atoms with Crippen LogP contribution < -0.4 is 5.32 Å². The van der Waals surface area contributed by atoms with E-state index in [1.54, 1.807) is 7.11 Å². The second kappa shape index (κ2) is 9.91. The van der Waals surface area contributed by atoms with Crippen molar-refractivity contribution in [3.8, 4) is 0 Å². The summed E-state index contributed by atoms with van der Waals surface area (Å²) < 4.78 is 9.85. The summed E-state index contributed by atoms with van der Waals surface area (Å²) >= 11 is 0. The summed E-state index contributed by atoms with van der Waals surface area (Å²) in [6.45, 7) is 5.14. The predicted octanol–water partition coefficient (Wildman–Crippen LogP) is 0.312. The molecule has 0 aliphatic carbocycles. The molecule has 1 aliphatic rings. The number of hydrogen-bond acceptors (Lipinski definition) is 5. The van der Waals surface area contributed by atoms with E-state index in [4.69, 9.17) is 9.47 Å². The number of piperazine rings is 1. The Morgan fingerprint density at radius 1 is 1.47 bits per heavy atom. The summed E-state index contributed by atoms with van der Waals surface area (Å²) in [5, 5.41) is 3.28. The third kappa shape index (κ3) is 5.40. The Hall–Kier alpha value is -0.0700. The van der Waals surface area contributed by atoms with Gasteiger partial charge in [-0.2, -0.15) is 0 Å². The lowest BCUT2D eigenvalue weighted by Gasteiger charge is -2.38. The van der Waals surface area contributed by atoms with Gasteiger partial charge in [-0.3, -0.25) is 9.69 Å². The molecular weight excluding hydrogens is 267 g/mol. The molecule has 104 valence electrons. The fourth-order valence-corrected chi connectivity index (χ4v) is 1.91. The van der Waals surface area contributed by atoms with Gasteiger partial charge in [0, 0.05) is 32.8 Å². The second-order valence-corrected chi connectivity index (χ2v) is 3.79. The molecule has 0 bridgehead atoms. The molecule has 0 spiro atoms. The summed E-state index contributed by atoms with van der Waals surface area (Å²) in [7, 11) is 3.01. The highest BCUT2D eigenvalue weighted by atomic mass is 35.5. The number of ether oxygens (including phenoxy) is 2. The van der Waals surface area contributed by atoms with Crippen LogP contribution in [0.1, 0.15) is 6.92 Å². The van der Waals surface area contributed by atoms with Gasteiger partial charge in [-0.25, -0.2) is 0 Å². The van der Waals surface area contributed by atoms with Crippen LogP contribution in [-0.2, 0) is 14.3 Å². The highest BCUT2D eigenvalue weighted by Gasteiger charge is 2.31. The zero-order chi connectivity index (χ0) is 11.3. The average Bonchev–Trinajstić information content (AvgIpc) is 2.26. The number of carbonyl (C=O) groups excluding carboxylic acids is 1. The van der Waals surface area contributed by atoms with Crippen molar-refractivity contribution >= 4 is 30.8 Å². The molecule has 1 saturated heterocycles. The number of rotatable bonds is 4. The average molecular weight is 289 g/mol. The zero-order valence-corrected chi connectivity index (χ0v) is 12.1. The lowest BCUT2D eigenvalue weighted by atomic mass is 10.1. The first-order valence-corrected chi connectivity index (χ1v) is 5.24. The van der Waals surface area contributed by atoms with Crippen LogP contribution in [0.25, 0.3) is 0 Å².